The molecule has 9 heteroatoms. The molecule has 1 aromatic carbocycles. The second-order valence-electron chi connectivity index (χ2n) is 8.01. The Labute approximate surface area is 168 Å². The highest BCUT2D eigenvalue weighted by Gasteiger charge is 2.33. The summed E-state index contributed by atoms with van der Waals surface area (Å²) in [6.07, 6.45) is 3.58. The smallest absolute Gasteiger partial charge is 0.350 e. The van der Waals surface area contributed by atoms with Gasteiger partial charge in [0.25, 0.3) is 5.56 Å². The fraction of sp³-hybridized carbons (Fsp3) is 0.600. The molecule has 29 heavy (non-hydrogen) atoms. The molecule has 158 valence electrons. The molecule has 2 fully saturated rings. The van der Waals surface area contributed by atoms with E-state index in [2.05, 4.69) is 4.90 Å². The van der Waals surface area contributed by atoms with Gasteiger partial charge in [-0.15, -0.1) is 0 Å². The first-order valence-electron chi connectivity index (χ1n) is 10.1. The number of fused-ring (bicyclic) bond motifs is 1. The van der Waals surface area contributed by atoms with Crippen LogP contribution in [0.3, 0.4) is 0 Å². The van der Waals surface area contributed by atoms with Gasteiger partial charge >= 0.3 is 5.69 Å². The molecule has 2 heterocycles. The van der Waals surface area contributed by atoms with Gasteiger partial charge in [0.15, 0.2) is 5.75 Å². The number of methoxy groups -OCH3 is 2. The lowest BCUT2D eigenvalue weighted by Gasteiger charge is -2.25. The first-order valence-corrected chi connectivity index (χ1v) is 10.1. The van der Waals surface area contributed by atoms with Gasteiger partial charge in [-0.1, -0.05) is 0 Å². The lowest BCUT2D eigenvalue weighted by molar-refractivity contribution is 0.180. The monoisotopic (exact) mass is 403 g/mol. The van der Waals surface area contributed by atoms with Gasteiger partial charge in [0.1, 0.15) is 5.52 Å². The van der Waals surface area contributed by atoms with Gasteiger partial charge in [0, 0.05) is 38.9 Å². The molecule has 0 spiro atoms. The van der Waals surface area contributed by atoms with Gasteiger partial charge in [0.2, 0.25) is 0 Å². The van der Waals surface area contributed by atoms with E-state index >= 15 is 0 Å². The number of nitrogens with two attached hydrogens (primary N) is 2. The van der Waals surface area contributed by atoms with Crippen molar-refractivity contribution in [3.05, 3.63) is 33.0 Å². The van der Waals surface area contributed by atoms with E-state index < -0.39 is 11.2 Å². The molecule has 0 radical (unpaired) electrons. The van der Waals surface area contributed by atoms with Gasteiger partial charge < -0.3 is 25.9 Å². The SMILES string of the molecule is COCC[C@H](N)C1CCN(c2ccc3c(=O)n(N)c(=O)n(C4CC4)c3c2OC)C1. The minimum atomic E-state index is -0.507. The van der Waals surface area contributed by atoms with Gasteiger partial charge in [-0.2, -0.15) is 4.68 Å². The van der Waals surface area contributed by atoms with Crippen molar-refractivity contribution in [1.29, 1.82) is 0 Å². The molecule has 9 nitrogen and oxygen atoms in total. The molecule has 1 unspecified atom stereocenters. The summed E-state index contributed by atoms with van der Waals surface area (Å²) in [6, 6.07) is 3.75. The fourth-order valence-electron chi connectivity index (χ4n) is 4.37. The standard InChI is InChI=1S/C20H29N5O4/c1-28-10-8-15(21)12-7-9-23(11-12)16-6-5-14-17(18(16)29-2)24(13-3-4-13)20(27)25(22)19(14)26/h5-6,12-13,15H,3-4,7-11,21-22H2,1-2H3/t12?,15-/m0/s1. The summed E-state index contributed by atoms with van der Waals surface area (Å²) in [5.41, 5.74) is 6.77. The van der Waals surface area contributed by atoms with Crippen molar-refractivity contribution in [2.24, 2.45) is 11.7 Å². The van der Waals surface area contributed by atoms with Crippen LogP contribution in [0.4, 0.5) is 5.69 Å². The van der Waals surface area contributed by atoms with E-state index in [9.17, 15) is 9.59 Å². The maximum atomic E-state index is 12.7. The summed E-state index contributed by atoms with van der Waals surface area (Å²) in [5.74, 6) is 6.66. The minimum Gasteiger partial charge on any atom is -0.492 e. The molecule has 2 aromatic rings. The minimum absolute atomic E-state index is 0.0540. The third kappa shape index (κ3) is 3.38. The zero-order valence-corrected chi connectivity index (χ0v) is 17.0. The Balaban J connectivity index is 1.77. The first kappa shape index (κ1) is 19.8. The summed E-state index contributed by atoms with van der Waals surface area (Å²) in [4.78, 5) is 27.6. The predicted molar refractivity (Wildman–Crippen MR) is 112 cm³/mol. The third-order valence-electron chi connectivity index (χ3n) is 6.16. The second kappa shape index (κ2) is 7.72. The van der Waals surface area contributed by atoms with E-state index in [1.54, 1.807) is 24.9 Å². The largest absolute Gasteiger partial charge is 0.492 e. The highest BCUT2D eigenvalue weighted by atomic mass is 16.5. The Morgan fingerprint density at radius 2 is 1.97 bits per heavy atom. The van der Waals surface area contributed by atoms with Crippen LogP contribution in [-0.4, -0.2) is 49.2 Å². The molecular formula is C20H29N5O4. The number of benzene rings is 1. The summed E-state index contributed by atoms with van der Waals surface area (Å²) < 4.78 is 13.2. The van der Waals surface area contributed by atoms with Crippen LogP contribution in [-0.2, 0) is 4.74 Å². The van der Waals surface area contributed by atoms with Crippen LogP contribution in [0, 0.1) is 5.92 Å². The lowest BCUT2D eigenvalue weighted by Crippen LogP contribution is -2.44. The number of nitrogens with zero attached hydrogens (tertiary/aromatic N) is 3. The van der Waals surface area contributed by atoms with Gasteiger partial charge in [-0.05, 0) is 43.7 Å². The molecule has 1 aliphatic heterocycles. The van der Waals surface area contributed by atoms with E-state index in [4.69, 9.17) is 21.1 Å². The number of aromatic nitrogens is 2. The first-order chi connectivity index (χ1) is 14.0. The van der Waals surface area contributed by atoms with Gasteiger partial charge in [-0.3, -0.25) is 9.36 Å². The quantitative estimate of drug-likeness (QED) is 0.643. The molecule has 4 N–H and O–H groups in total. The number of hydrogen-bond donors (Lipinski definition) is 2. The van der Waals surface area contributed by atoms with Crippen molar-refractivity contribution in [2.45, 2.75) is 37.8 Å². The molecule has 2 aliphatic rings. The molecule has 0 bridgehead atoms. The zero-order valence-electron chi connectivity index (χ0n) is 17.0. The summed E-state index contributed by atoms with van der Waals surface area (Å²) >= 11 is 0. The maximum Gasteiger partial charge on any atom is 0.350 e. The van der Waals surface area contributed by atoms with Gasteiger partial charge in [0.05, 0.1) is 18.2 Å². The molecule has 1 saturated heterocycles. The van der Waals surface area contributed by atoms with Crippen LogP contribution in [0.15, 0.2) is 21.7 Å². The normalized spacial score (nSPS) is 20.4. The van der Waals surface area contributed by atoms with E-state index in [0.29, 0.717) is 33.9 Å². The Hall–Kier alpha value is -2.52. The average molecular weight is 403 g/mol. The van der Waals surface area contributed by atoms with Crippen molar-refractivity contribution in [1.82, 2.24) is 9.24 Å². The Kier molecular flexibility index (Phi) is 5.26. The molecular weight excluding hydrogens is 374 g/mol. The fourth-order valence-corrected chi connectivity index (χ4v) is 4.37. The number of ether oxygens (including phenoxy) is 2. The zero-order chi connectivity index (χ0) is 20.7. The third-order valence-corrected chi connectivity index (χ3v) is 6.16. The molecule has 4 rings (SSSR count). The van der Waals surface area contributed by atoms with E-state index in [-0.39, 0.29) is 12.1 Å². The summed E-state index contributed by atoms with van der Waals surface area (Å²) in [6.45, 7) is 2.29. The van der Waals surface area contributed by atoms with E-state index in [1.807, 2.05) is 6.07 Å². The number of hydrogen-bond acceptors (Lipinski definition) is 7. The average Bonchev–Trinajstić information content (AvgIpc) is 3.44. The highest BCUT2D eigenvalue weighted by Crippen LogP contribution is 2.42. The van der Waals surface area contributed by atoms with E-state index in [1.165, 1.54) is 0 Å². The maximum absolute atomic E-state index is 12.7. The summed E-state index contributed by atoms with van der Waals surface area (Å²) in [5, 5.41) is 0.396. The van der Waals surface area contributed by atoms with Crippen LogP contribution < -0.4 is 32.5 Å². The van der Waals surface area contributed by atoms with Crippen molar-refractivity contribution < 1.29 is 9.47 Å². The second-order valence-corrected chi connectivity index (χ2v) is 8.01. The molecule has 1 aliphatic carbocycles. The Bertz CT molecular complexity index is 1030. The number of anilines is 1. The lowest BCUT2D eigenvalue weighted by atomic mass is 9.97. The van der Waals surface area contributed by atoms with Crippen LogP contribution in [0.2, 0.25) is 0 Å². The van der Waals surface area contributed by atoms with Crippen molar-refractivity contribution in [3.63, 3.8) is 0 Å². The number of nitrogen functional groups attached to an aromatic ring is 1. The van der Waals surface area contributed by atoms with Crippen molar-refractivity contribution >= 4 is 16.6 Å². The Morgan fingerprint density at radius 3 is 2.62 bits per heavy atom. The predicted octanol–water partition coefficient (Wildman–Crippen LogP) is 0.411. The molecule has 1 saturated carbocycles. The van der Waals surface area contributed by atoms with Crippen molar-refractivity contribution in [3.8, 4) is 5.75 Å². The summed E-state index contributed by atoms with van der Waals surface area (Å²) in [7, 11) is 3.26. The number of rotatable bonds is 7. The van der Waals surface area contributed by atoms with Crippen LogP contribution in [0.25, 0.3) is 10.9 Å². The van der Waals surface area contributed by atoms with Crippen molar-refractivity contribution in [2.75, 3.05) is 44.7 Å². The van der Waals surface area contributed by atoms with E-state index in [0.717, 1.165) is 44.5 Å². The topological polar surface area (TPSA) is 118 Å². The molecule has 1 aromatic heterocycles. The van der Waals surface area contributed by atoms with Crippen LogP contribution in [0.5, 0.6) is 5.75 Å². The molecule has 2 atom stereocenters. The highest BCUT2D eigenvalue weighted by molar-refractivity contribution is 5.90. The van der Waals surface area contributed by atoms with Crippen LogP contribution in [0.1, 0.15) is 31.7 Å². The van der Waals surface area contributed by atoms with Crippen LogP contribution >= 0.6 is 0 Å². The Morgan fingerprint density at radius 1 is 1.21 bits per heavy atom. The molecule has 0 amide bonds. The van der Waals surface area contributed by atoms with Gasteiger partial charge in [-0.25, -0.2) is 4.79 Å².